The maximum atomic E-state index is 14.9. The first-order valence-electron chi connectivity index (χ1n) is 11.4. The number of carboxylic acid groups (broad SMARTS) is 1. The number of carboxylic acids is 1. The summed E-state index contributed by atoms with van der Waals surface area (Å²) in [6.07, 6.45) is 0.931. The van der Waals surface area contributed by atoms with E-state index in [2.05, 4.69) is 15.3 Å². The third-order valence-corrected chi connectivity index (χ3v) is 6.56. The number of imidazole rings is 1. The molecule has 0 radical (unpaired) electrons. The number of anilines is 2. The number of halogens is 4. The summed E-state index contributed by atoms with van der Waals surface area (Å²) in [7, 11) is 1.44. The normalized spacial score (nSPS) is 16.2. The molecule has 1 fully saturated rings. The van der Waals surface area contributed by atoms with Crippen molar-refractivity contribution in [1.82, 2.24) is 19.4 Å². The van der Waals surface area contributed by atoms with Gasteiger partial charge < -0.3 is 20.1 Å². The van der Waals surface area contributed by atoms with Crippen LogP contribution in [0.2, 0.25) is 5.15 Å². The molecule has 0 bridgehead atoms. The Hall–Kier alpha value is -3.80. The van der Waals surface area contributed by atoms with Crippen molar-refractivity contribution in [2.75, 3.05) is 30.4 Å². The van der Waals surface area contributed by atoms with Gasteiger partial charge in [-0.05, 0) is 31.2 Å². The van der Waals surface area contributed by atoms with Gasteiger partial charge in [0.25, 0.3) is 5.92 Å². The van der Waals surface area contributed by atoms with Gasteiger partial charge in [0.2, 0.25) is 11.8 Å². The minimum absolute atomic E-state index is 0.0147. The number of alkyl halides is 2. The van der Waals surface area contributed by atoms with Crippen LogP contribution in [-0.2, 0) is 0 Å². The highest BCUT2D eigenvalue weighted by molar-refractivity contribution is 6.29. The number of nitrogens with zero attached hydrogens (tertiary/aromatic N) is 5. The lowest BCUT2D eigenvalue weighted by molar-refractivity contribution is -0.0222. The van der Waals surface area contributed by atoms with Gasteiger partial charge in [-0.2, -0.15) is 4.98 Å². The molecule has 0 aliphatic carbocycles. The van der Waals surface area contributed by atoms with Crippen LogP contribution in [0, 0.1) is 5.82 Å². The van der Waals surface area contributed by atoms with Crippen LogP contribution in [0.5, 0.6) is 5.88 Å². The summed E-state index contributed by atoms with van der Waals surface area (Å²) in [5, 5.41) is 13.0. The van der Waals surface area contributed by atoms with Gasteiger partial charge in [0.05, 0.1) is 30.6 Å². The van der Waals surface area contributed by atoms with Gasteiger partial charge in [-0.3, -0.25) is 4.40 Å². The molecule has 3 aromatic heterocycles. The third kappa shape index (κ3) is 4.68. The van der Waals surface area contributed by atoms with Crippen molar-refractivity contribution in [3.63, 3.8) is 0 Å². The van der Waals surface area contributed by atoms with Gasteiger partial charge in [-0.25, -0.2) is 27.9 Å². The SMILES string of the molecule is COc1cn2c(N3CCC(F)(F)CC3)nc3c(C(C)Nc4ccc(Cl)nc4C(=O)O)cc(F)cc3c2n1. The summed E-state index contributed by atoms with van der Waals surface area (Å²) < 4.78 is 49.5. The number of hydrogen-bond acceptors (Lipinski definition) is 7. The number of piperidine rings is 1. The molecule has 37 heavy (non-hydrogen) atoms. The summed E-state index contributed by atoms with van der Waals surface area (Å²) in [5.74, 6) is -3.96. The topological polar surface area (TPSA) is 105 Å². The largest absolute Gasteiger partial charge is 0.480 e. The molecule has 4 heterocycles. The number of fused-ring (bicyclic) bond motifs is 3. The predicted octanol–water partition coefficient (Wildman–Crippen LogP) is 5.19. The molecule has 13 heteroatoms. The minimum atomic E-state index is -2.75. The van der Waals surface area contributed by atoms with Crippen molar-refractivity contribution < 1.29 is 27.8 Å². The van der Waals surface area contributed by atoms with Crippen LogP contribution >= 0.6 is 11.6 Å². The number of pyridine rings is 1. The van der Waals surface area contributed by atoms with E-state index in [9.17, 15) is 23.1 Å². The van der Waals surface area contributed by atoms with Crippen molar-refractivity contribution in [3.8, 4) is 5.88 Å². The molecule has 1 aliphatic rings. The quantitative estimate of drug-likeness (QED) is 0.326. The number of benzene rings is 1. The second kappa shape index (κ2) is 9.25. The van der Waals surface area contributed by atoms with E-state index in [0.29, 0.717) is 28.1 Å². The Morgan fingerprint density at radius 2 is 1.95 bits per heavy atom. The van der Waals surface area contributed by atoms with E-state index in [4.69, 9.17) is 21.3 Å². The Balaban J connectivity index is 1.66. The number of methoxy groups -OCH3 is 1. The Bertz CT molecular complexity index is 1520. The third-order valence-electron chi connectivity index (χ3n) is 6.35. The highest BCUT2D eigenvalue weighted by atomic mass is 35.5. The molecule has 5 rings (SSSR count). The summed E-state index contributed by atoms with van der Waals surface area (Å²) in [4.78, 5) is 26.5. The fourth-order valence-electron chi connectivity index (χ4n) is 4.48. The maximum Gasteiger partial charge on any atom is 0.356 e. The molecule has 0 amide bonds. The van der Waals surface area contributed by atoms with E-state index in [1.807, 2.05) is 0 Å². The van der Waals surface area contributed by atoms with Gasteiger partial charge in [0, 0.05) is 36.9 Å². The molecule has 1 unspecified atom stereocenters. The van der Waals surface area contributed by atoms with Gasteiger partial charge in [0.1, 0.15) is 11.0 Å². The van der Waals surface area contributed by atoms with Crippen LogP contribution in [0.15, 0.2) is 30.5 Å². The van der Waals surface area contributed by atoms with E-state index in [-0.39, 0.29) is 48.3 Å². The van der Waals surface area contributed by atoms with Crippen molar-refractivity contribution in [3.05, 3.63) is 52.7 Å². The lowest BCUT2D eigenvalue weighted by Crippen LogP contribution is -2.40. The number of rotatable bonds is 6. The monoisotopic (exact) mass is 534 g/mol. The average molecular weight is 535 g/mol. The van der Waals surface area contributed by atoms with E-state index >= 15 is 0 Å². The van der Waals surface area contributed by atoms with E-state index in [1.54, 1.807) is 22.4 Å². The Kier molecular flexibility index (Phi) is 6.22. The Morgan fingerprint density at radius 1 is 1.22 bits per heavy atom. The number of ether oxygens (including phenoxy) is 1. The summed E-state index contributed by atoms with van der Waals surface area (Å²) >= 11 is 5.86. The van der Waals surface area contributed by atoms with Crippen molar-refractivity contribution in [2.24, 2.45) is 0 Å². The first-order chi connectivity index (χ1) is 17.6. The standard InChI is InChI=1S/C24H22ClF3N6O3/c1-12(29-16-3-4-17(25)30-20(16)22(35)36)14-9-13(26)10-15-19(14)32-23(33-7-5-24(27,28)6-8-33)34-11-18(37-2)31-21(15)34/h3-4,9-12,29H,5-8H2,1-2H3,(H,35,36). The van der Waals surface area contributed by atoms with Crippen LogP contribution in [0.25, 0.3) is 16.6 Å². The molecule has 9 nitrogen and oxygen atoms in total. The van der Waals surface area contributed by atoms with Crippen molar-refractivity contribution in [1.29, 1.82) is 0 Å². The maximum absolute atomic E-state index is 14.9. The molecule has 1 atom stereocenters. The zero-order valence-electron chi connectivity index (χ0n) is 19.8. The molecule has 4 aromatic rings. The van der Waals surface area contributed by atoms with Crippen LogP contribution in [0.1, 0.15) is 41.9 Å². The first kappa shape index (κ1) is 24.9. The van der Waals surface area contributed by atoms with Gasteiger partial charge in [-0.1, -0.05) is 11.6 Å². The lowest BCUT2D eigenvalue weighted by Gasteiger charge is -2.33. The van der Waals surface area contributed by atoms with Gasteiger partial charge in [0.15, 0.2) is 11.3 Å². The van der Waals surface area contributed by atoms with Crippen molar-refractivity contribution >= 4 is 45.8 Å². The highest BCUT2D eigenvalue weighted by Crippen LogP contribution is 2.35. The van der Waals surface area contributed by atoms with Gasteiger partial charge in [-0.15, -0.1) is 0 Å². The van der Waals surface area contributed by atoms with Crippen LogP contribution in [-0.4, -0.2) is 56.6 Å². The zero-order valence-corrected chi connectivity index (χ0v) is 20.6. The van der Waals surface area contributed by atoms with E-state index < -0.39 is 23.8 Å². The molecule has 2 N–H and O–H groups in total. The summed E-state index contributed by atoms with van der Waals surface area (Å²) in [5.41, 5.74) is 1.04. The molecular weight excluding hydrogens is 513 g/mol. The smallest absolute Gasteiger partial charge is 0.356 e. The number of aromatic nitrogens is 4. The van der Waals surface area contributed by atoms with E-state index in [0.717, 1.165) is 0 Å². The number of carbonyl (C=O) groups is 1. The van der Waals surface area contributed by atoms with Crippen LogP contribution in [0.3, 0.4) is 0 Å². The average Bonchev–Trinajstić information content (AvgIpc) is 3.29. The second-order valence-electron chi connectivity index (χ2n) is 8.82. The zero-order chi connectivity index (χ0) is 26.5. The predicted molar refractivity (Wildman–Crippen MR) is 132 cm³/mol. The Morgan fingerprint density at radius 3 is 2.62 bits per heavy atom. The van der Waals surface area contributed by atoms with Crippen LogP contribution in [0.4, 0.5) is 24.8 Å². The molecule has 1 aromatic carbocycles. The number of aromatic carboxylic acids is 1. The summed E-state index contributed by atoms with van der Waals surface area (Å²) in [6, 6.07) is 4.86. The van der Waals surface area contributed by atoms with Gasteiger partial charge >= 0.3 is 5.97 Å². The highest BCUT2D eigenvalue weighted by Gasteiger charge is 2.35. The molecule has 1 aliphatic heterocycles. The fraction of sp³-hybridized carbons (Fsp3) is 0.333. The lowest BCUT2D eigenvalue weighted by atomic mass is 10.0. The van der Waals surface area contributed by atoms with E-state index in [1.165, 1.54) is 31.4 Å². The van der Waals surface area contributed by atoms with Crippen molar-refractivity contribution in [2.45, 2.75) is 31.7 Å². The number of nitrogens with one attached hydrogen (secondary N) is 1. The van der Waals surface area contributed by atoms with Crippen LogP contribution < -0.4 is 15.0 Å². The molecule has 1 saturated heterocycles. The molecule has 0 spiro atoms. The fourth-order valence-corrected chi connectivity index (χ4v) is 4.63. The molecule has 194 valence electrons. The minimum Gasteiger partial charge on any atom is -0.480 e. The molecular formula is C24H22ClF3N6O3. The molecule has 0 saturated carbocycles. The Labute approximate surface area is 213 Å². The second-order valence-corrected chi connectivity index (χ2v) is 9.21. The first-order valence-corrected chi connectivity index (χ1v) is 11.8. The summed E-state index contributed by atoms with van der Waals surface area (Å²) in [6.45, 7) is 1.86. The number of hydrogen-bond donors (Lipinski definition) is 2.